The first-order chi connectivity index (χ1) is 10.5. The van der Waals surface area contributed by atoms with Crippen LogP contribution in [-0.2, 0) is 16.0 Å². The van der Waals surface area contributed by atoms with Crippen LogP contribution < -0.4 is 0 Å². The van der Waals surface area contributed by atoms with Gasteiger partial charge in [-0.15, -0.1) is 0 Å². The number of hydrogen-bond acceptors (Lipinski definition) is 4. The van der Waals surface area contributed by atoms with Gasteiger partial charge < -0.3 is 9.84 Å². The summed E-state index contributed by atoms with van der Waals surface area (Å²) in [7, 11) is 1.30. The third-order valence-corrected chi connectivity index (χ3v) is 4.52. The standard InChI is InChI=1S/C16H13BrO4S/c1-21-16(20)10-2-7-14(11(8-10)9-15(18)19)22-13-5-3-12(17)4-6-13/h2-8H,9H2,1H3,(H,18,19). The molecule has 0 bridgehead atoms. The van der Waals surface area contributed by atoms with E-state index >= 15 is 0 Å². The fourth-order valence-corrected chi connectivity index (χ4v) is 3.04. The number of carboxylic acid groups (broad SMARTS) is 1. The summed E-state index contributed by atoms with van der Waals surface area (Å²) < 4.78 is 5.64. The lowest BCUT2D eigenvalue weighted by molar-refractivity contribution is -0.136. The Labute approximate surface area is 140 Å². The van der Waals surface area contributed by atoms with Gasteiger partial charge >= 0.3 is 11.9 Å². The van der Waals surface area contributed by atoms with Crippen LogP contribution in [0.3, 0.4) is 0 Å². The molecule has 0 spiro atoms. The molecule has 22 heavy (non-hydrogen) atoms. The molecule has 0 saturated carbocycles. The lowest BCUT2D eigenvalue weighted by Crippen LogP contribution is -2.06. The van der Waals surface area contributed by atoms with Crippen molar-refractivity contribution in [1.29, 1.82) is 0 Å². The number of carbonyl (C=O) groups excluding carboxylic acids is 1. The van der Waals surface area contributed by atoms with Crippen LogP contribution in [-0.4, -0.2) is 24.2 Å². The second-order valence-corrected chi connectivity index (χ2v) is 6.47. The zero-order chi connectivity index (χ0) is 16.1. The molecule has 0 aliphatic rings. The van der Waals surface area contributed by atoms with Crippen molar-refractivity contribution >= 4 is 39.6 Å². The molecule has 2 aromatic carbocycles. The average Bonchev–Trinajstić information content (AvgIpc) is 2.50. The minimum absolute atomic E-state index is 0.149. The van der Waals surface area contributed by atoms with Crippen LogP contribution in [0.2, 0.25) is 0 Å². The van der Waals surface area contributed by atoms with Gasteiger partial charge in [0.15, 0.2) is 0 Å². The Kier molecular flexibility index (Phi) is 5.63. The summed E-state index contributed by atoms with van der Waals surface area (Å²) >= 11 is 4.83. The van der Waals surface area contributed by atoms with Gasteiger partial charge in [0, 0.05) is 14.3 Å². The average molecular weight is 381 g/mol. The van der Waals surface area contributed by atoms with Crippen molar-refractivity contribution in [1.82, 2.24) is 0 Å². The van der Waals surface area contributed by atoms with E-state index in [1.54, 1.807) is 18.2 Å². The molecule has 6 heteroatoms. The molecule has 0 unspecified atom stereocenters. The molecule has 2 aromatic rings. The van der Waals surface area contributed by atoms with Gasteiger partial charge in [-0.25, -0.2) is 4.79 Å². The molecule has 0 aromatic heterocycles. The normalized spacial score (nSPS) is 10.3. The van der Waals surface area contributed by atoms with Gasteiger partial charge in [-0.2, -0.15) is 0 Å². The third kappa shape index (κ3) is 4.35. The Morgan fingerprint density at radius 2 is 1.86 bits per heavy atom. The van der Waals surface area contributed by atoms with Crippen LogP contribution in [0.15, 0.2) is 56.7 Å². The van der Waals surface area contributed by atoms with Crippen molar-refractivity contribution in [2.75, 3.05) is 7.11 Å². The zero-order valence-electron chi connectivity index (χ0n) is 11.7. The minimum Gasteiger partial charge on any atom is -0.481 e. The topological polar surface area (TPSA) is 63.6 Å². The monoisotopic (exact) mass is 380 g/mol. The number of hydrogen-bond donors (Lipinski definition) is 1. The highest BCUT2D eigenvalue weighted by Gasteiger charge is 2.13. The number of aliphatic carboxylic acids is 1. The summed E-state index contributed by atoms with van der Waals surface area (Å²) in [6.07, 6.45) is -0.149. The van der Waals surface area contributed by atoms with Crippen molar-refractivity contribution in [2.45, 2.75) is 16.2 Å². The Balaban J connectivity index is 2.34. The van der Waals surface area contributed by atoms with Crippen molar-refractivity contribution in [3.8, 4) is 0 Å². The summed E-state index contributed by atoms with van der Waals surface area (Å²) in [6.45, 7) is 0. The molecule has 114 valence electrons. The van der Waals surface area contributed by atoms with E-state index in [0.717, 1.165) is 14.3 Å². The number of ether oxygens (including phenoxy) is 1. The van der Waals surface area contributed by atoms with Crippen LogP contribution in [0, 0.1) is 0 Å². The van der Waals surface area contributed by atoms with E-state index < -0.39 is 11.9 Å². The number of esters is 1. The predicted octanol–water partition coefficient (Wildman–Crippen LogP) is 4.01. The van der Waals surface area contributed by atoms with Crippen LogP contribution >= 0.6 is 27.7 Å². The van der Waals surface area contributed by atoms with Gasteiger partial charge in [0.1, 0.15) is 0 Å². The Morgan fingerprint density at radius 3 is 2.45 bits per heavy atom. The second-order valence-electron chi connectivity index (χ2n) is 4.44. The van der Waals surface area contributed by atoms with Gasteiger partial charge in [-0.3, -0.25) is 4.79 Å². The summed E-state index contributed by atoms with van der Waals surface area (Å²) in [5.41, 5.74) is 0.933. The highest BCUT2D eigenvalue weighted by Crippen LogP contribution is 2.32. The first-order valence-electron chi connectivity index (χ1n) is 6.36. The molecule has 0 aliphatic carbocycles. The predicted molar refractivity (Wildman–Crippen MR) is 87.4 cm³/mol. The number of rotatable bonds is 5. The van der Waals surface area contributed by atoms with Gasteiger partial charge in [-0.05, 0) is 48.0 Å². The van der Waals surface area contributed by atoms with E-state index in [0.29, 0.717) is 11.1 Å². The van der Waals surface area contributed by atoms with Crippen molar-refractivity contribution in [3.63, 3.8) is 0 Å². The largest absolute Gasteiger partial charge is 0.481 e. The molecule has 0 fully saturated rings. The summed E-state index contributed by atoms with van der Waals surface area (Å²) in [6, 6.07) is 12.7. The molecule has 0 saturated heterocycles. The highest BCUT2D eigenvalue weighted by molar-refractivity contribution is 9.10. The van der Waals surface area contributed by atoms with E-state index in [1.807, 2.05) is 24.3 Å². The quantitative estimate of drug-likeness (QED) is 0.793. The van der Waals surface area contributed by atoms with Crippen LogP contribution in [0.1, 0.15) is 15.9 Å². The molecule has 0 radical (unpaired) electrons. The zero-order valence-corrected chi connectivity index (χ0v) is 14.1. The summed E-state index contributed by atoms with van der Waals surface area (Å²) in [4.78, 5) is 24.4. The fourth-order valence-electron chi connectivity index (χ4n) is 1.85. The van der Waals surface area contributed by atoms with Crippen LogP contribution in [0.5, 0.6) is 0 Å². The smallest absolute Gasteiger partial charge is 0.337 e. The summed E-state index contributed by atoms with van der Waals surface area (Å²) in [5, 5.41) is 9.05. The maximum atomic E-state index is 11.6. The minimum atomic E-state index is -0.945. The number of halogens is 1. The molecule has 0 amide bonds. The summed E-state index contributed by atoms with van der Waals surface area (Å²) in [5.74, 6) is -1.42. The Hall–Kier alpha value is -1.79. The second kappa shape index (κ2) is 7.47. The van der Waals surface area contributed by atoms with Crippen molar-refractivity contribution in [3.05, 3.63) is 58.1 Å². The van der Waals surface area contributed by atoms with Crippen LogP contribution in [0.25, 0.3) is 0 Å². The van der Waals surface area contributed by atoms with Gasteiger partial charge in [0.2, 0.25) is 0 Å². The van der Waals surface area contributed by atoms with E-state index in [4.69, 9.17) is 5.11 Å². The molecule has 4 nitrogen and oxygen atoms in total. The first kappa shape index (κ1) is 16.6. The van der Waals surface area contributed by atoms with Crippen molar-refractivity contribution < 1.29 is 19.4 Å². The highest BCUT2D eigenvalue weighted by atomic mass is 79.9. The molecule has 0 aliphatic heterocycles. The molecular formula is C16H13BrO4S. The maximum Gasteiger partial charge on any atom is 0.337 e. The van der Waals surface area contributed by atoms with Crippen LogP contribution in [0.4, 0.5) is 0 Å². The number of carbonyl (C=O) groups is 2. The van der Waals surface area contributed by atoms with Gasteiger partial charge in [-0.1, -0.05) is 27.7 Å². The lowest BCUT2D eigenvalue weighted by atomic mass is 10.1. The fraction of sp³-hybridized carbons (Fsp3) is 0.125. The maximum absolute atomic E-state index is 11.6. The lowest BCUT2D eigenvalue weighted by Gasteiger charge is -2.09. The molecular weight excluding hydrogens is 368 g/mol. The first-order valence-corrected chi connectivity index (χ1v) is 7.97. The van der Waals surface area contributed by atoms with Crippen molar-refractivity contribution in [2.24, 2.45) is 0 Å². The third-order valence-electron chi connectivity index (χ3n) is 2.86. The number of methoxy groups -OCH3 is 1. The number of benzene rings is 2. The van der Waals surface area contributed by atoms with Gasteiger partial charge in [0.05, 0.1) is 19.1 Å². The van der Waals surface area contributed by atoms with E-state index in [9.17, 15) is 9.59 Å². The molecule has 1 N–H and O–H groups in total. The molecule has 2 rings (SSSR count). The molecule has 0 atom stereocenters. The van der Waals surface area contributed by atoms with E-state index in [-0.39, 0.29) is 6.42 Å². The van der Waals surface area contributed by atoms with E-state index in [2.05, 4.69) is 20.7 Å². The van der Waals surface area contributed by atoms with E-state index in [1.165, 1.54) is 18.9 Å². The number of carboxylic acids is 1. The SMILES string of the molecule is COC(=O)c1ccc(Sc2ccc(Br)cc2)c(CC(=O)O)c1. The molecule has 0 heterocycles. The Bertz CT molecular complexity index is 698. The van der Waals surface area contributed by atoms with Gasteiger partial charge in [0.25, 0.3) is 0 Å². The Morgan fingerprint density at radius 1 is 1.18 bits per heavy atom.